The zero-order chi connectivity index (χ0) is 79.2. The van der Waals surface area contributed by atoms with Gasteiger partial charge in [-0.25, -0.2) is 19.4 Å². The lowest BCUT2D eigenvalue weighted by atomic mass is 9.78. The van der Waals surface area contributed by atoms with E-state index >= 15 is 0 Å². The van der Waals surface area contributed by atoms with Gasteiger partial charge in [0, 0.05) is 102 Å². The second-order valence-electron chi connectivity index (χ2n) is 33.0. The van der Waals surface area contributed by atoms with E-state index in [1.165, 1.54) is 17.7 Å². The third-order valence-electron chi connectivity index (χ3n) is 23.2. The first-order chi connectivity index (χ1) is 51.9. The number of aryl methyl sites for hydroxylation is 1. The summed E-state index contributed by atoms with van der Waals surface area (Å²) >= 11 is 1.61. The fourth-order valence-corrected chi connectivity index (χ4v) is 26.6. The number of hydrogen-bond acceptors (Lipinski definition) is 23. The summed E-state index contributed by atoms with van der Waals surface area (Å²) in [6.45, 7) is 28.0. The summed E-state index contributed by atoms with van der Waals surface area (Å²) in [5.41, 5.74) is 4.44. The van der Waals surface area contributed by atoms with E-state index < -0.39 is 94.4 Å². The molecular weight excluding hydrogens is 1450 g/mol. The van der Waals surface area contributed by atoms with E-state index in [0.717, 1.165) is 73.3 Å². The van der Waals surface area contributed by atoms with Crippen LogP contribution < -0.4 is 5.32 Å². The first kappa shape index (κ1) is 89.5. The molecule has 28 heteroatoms. The van der Waals surface area contributed by atoms with Gasteiger partial charge < -0.3 is 67.2 Å². The number of nitrogens with one attached hydrogen (secondary N) is 1. The Kier molecular flexibility index (Phi) is 35.2. The molecule has 2 saturated heterocycles. The van der Waals surface area contributed by atoms with Crippen molar-refractivity contribution in [1.29, 1.82) is 0 Å². The minimum absolute atomic E-state index is 0.00108. The maximum absolute atomic E-state index is 14.8. The Morgan fingerprint density at radius 3 is 2.22 bits per heavy atom. The molecule has 8 rings (SSSR count). The number of ketones is 3. The van der Waals surface area contributed by atoms with E-state index in [9.17, 15) is 39.0 Å². The summed E-state index contributed by atoms with van der Waals surface area (Å²) in [6, 6.07) is -0.382. The van der Waals surface area contributed by atoms with Gasteiger partial charge in [0.1, 0.15) is 30.1 Å². The predicted octanol–water partition coefficient (Wildman–Crippen LogP) is 10.5. The van der Waals surface area contributed by atoms with Crippen LogP contribution in [0, 0.1) is 53.3 Å². The quantitative estimate of drug-likeness (QED) is 0.0136. The van der Waals surface area contributed by atoms with Gasteiger partial charge in [-0.15, -0.1) is 5.10 Å². The number of amides is 2. The molecule has 0 spiro atoms. The smallest absolute Gasteiger partial charge is 0.329 e. The van der Waals surface area contributed by atoms with E-state index in [1.807, 2.05) is 62.8 Å². The van der Waals surface area contributed by atoms with Crippen LogP contribution in [0.25, 0.3) is 0 Å². The van der Waals surface area contributed by atoms with Crippen molar-refractivity contribution in [2.24, 2.45) is 53.3 Å². The summed E-state index contributed by atoms with van der Waals surface area (Å²) < 4.78 is 63.7. The van der Waals surface area contributed by atoms with Crippen molar-refractivity contribution in [2.75, 3.05) is 79.4 Å². The molecule has 3 aliphatic heterocycles. The van der Waals surface area contributed by atoms with Gasteiger partial charge in [-0.2, -0.15) is 0 Å². The van der Waals surface area contributed by atoms with Crippen molar-refractivity contribution >= 4 is 63.5 Å². The van der Waals surface area contributed by atoms with Crippen LogP contribution in [-0.4, -0.2) is 226 Å². The maximum atomic E-state index is 14.8. The van der Waals surface area contributed by atoms with Crippen molar-refractivity contribution in [3.63, 3.8) is 0 Å². The molecular formula is C81H129N7O18SSi2. The molecule has 3 N–H and O–H groups in total. The number of esters is 1. The van der Waals surface area contributed by atoms with Gasteiger partial charge in [-0.1, -0.05) is 88.1 Å². The average Bonchev–Trinajstić information content (AvgIpc) is 1.75. The molecule has 25 nitrogen and oxygen atoms in total. The lowest BCUT2D eigenvalue weighted by Crippen LogP contribution is -2.61. The topological polar surface area (TPSA) is 307 Å². The van der Waals surface area contributed by atoms with Crippen LogP contribution in [0.15, 0.2) is 65.2 Å². The number of fused-ring (bicyclic) bond motifs is 5. The highest BCUT2D eigenvalue weighted by molar-refractivity contribution is 8.00. The highest BCUT2D eigenvalue weighted by atomic mass is 32.2. The second-order valence-corrected chi connectivity index (χ2v) is 43.1. The monoisotopic (exact) mass is 1580 g/mol. The van der Waals surface area contributed by atoms with Crippen LogP contribution >= 0.6 is 11.8 Å². The van der Waals surface area contributed by atoms with Crippen LogP contribution in [0.1, 0.15) is 162 Å². The number of carbonyl (C=O) groups excluding carboxylic acids is 6. The second kappa shape index (κ2) is 42.9. The van der Waals surface area contributed by atoms with Crippen LogP contribution in [0.3, 0.4) is 0 Å². The molecule has 3 unspecified atom stereocenters. The summed E-state index contributed by atoms with van der Waals surface area (Å²) in [4.78, 5) is 94.4. The number of methoxy groups -OCH3 is 3. The number of carbonyl (C=O) groups is 6. The highest BCUT2D eigenvalue weighted by Gasteiger charge is 2.54. The molecule has 2 saturated carbocycles. The number of hydrogen-bond donors (Lipinski definition) is 3. The van der Waals surface area contributed by atoms with Gasteiger partial charge in [0.2, 0.25) is 11.7 Å². The van der Waals surface area contributed by atoms with E-state index in [2.05, 4.69) is 51.8 Å². The molecule has 2 bridgehead atoms. The molecule has 4 fully saturated rings. The van der Waals surface area contributed by atoms with Gasteiger partial charge in [0.25, 0.3) is 11.7 Å². The van der Waals surface area contributed by atoms with Crippen LogP contribution in [-0.2, 0) is 102 Å². The lowest BCUT2D eigenvalue weighted by Gasteiger charge is -2.42. The Morgan fingerprint density at radius 2 is 1.51 bits per heavy atom. The number of aromatic nitrogens is 5. The van der Waals surface area contributed by atoms with Gasteiger partial charge in [0.15, 0.2) is 27.6 Å². The van der Waals surface area contributed by atoms with Crippen LogP contribution in [0.4, 0.5) is 0 Å². The molecule has 6 aliphatic rings. The summed E-state index contributed by atoms with van der Waals surface area (Å²) in [5.74, 6) is -6.19. The van der Waals surface area contributed by atoms with E-state index in [-0.39, 0.29) is 66.8 Å². The van der Waals surface area contributed by atoms with E-state index in [1.54, 1.807) is 72.1 Å². The Morgan fingerprint density at radius 1 is 0.798 bits per heavy atom. The number of thioether (sulfide) groups is 1. The zero-order valence-electron chi connectivity index (χ0n) is 67.8. The summed E-state index contributed by atoms with van der Waals surface area (Å²) in [6.07, 6.45) is 19.6. The van der Waals surface area contributed by atoms with Crippen LogP contribution in [0.5, 0.6) is 0 Å². The fraction of sp³-hybridized carbons (Fsp3) is 0.753. The molecule has 3 aliphatic carbocycles. The van der Waals surface area contributed by atoms with Crippen molar-refractivity contribution in [3.8, 4) is 0 Å². The van der Waals surface area contributed by atoms with Gasteiger partial charge in [-0.05, 0) is 183 Å². The van der Waals surface area contributed by atoms with Crippen molar-refractivity contribution in [2.45, 2.75) is 263 Å². The number of allylic oxidation sites excluding steroid dienone is 6. The molecule has 2 aromatic heterocycles. The number of aliphatic hydroxyl groups is 2. The van der Waals surface area contributed by atoms with Crippen molar-refractivity contribution in [1.82, 2.24) is 35.2 Å². The number of nitrogens with zero attached hydrogens (tertiary/aromatic N) is 6. The van der Waals surface area contributed by atoms with Crippen molar-refractivity contribution in [3.05, 3.63) is 76.9 Å². The molecule has 610 valence electrons. The van der Waals surface area contributed by atoms with E-state index in [4.69, 9.17) is 46.7 Å². The van der Waals surface area contributed by atoms with Gasteiger partial charge >= 0.3 is 5.97 Å². The third-order valence-corrected chi connectivity index (χ3v) is 32.8. The molecule has 2 amide bonds. The predicted molar refractivity (Wildman–Crippen MR) is 420 cm³/mol. The highest BCUT2D eigenvalue weighted by Crippen LogP contribution is 2.52. The number of aliphatic hydroxyl groups excluding tert-OH is 1. The minimum Gasteiger partial charge on any atom is -0.460 e. The summed E-state index contributed by atoms with van der Waals surface area (Å²) in [5, 5.41) is 37.3. The number of ether oxygens (including phenoxy) is 9. The normalized spacial score (nSPS) is 31.6. The Hall–Kier alpha value is -5.06. The van der Waals surface area contributed by atoms with Gasteiger partial charge in [0.05, 0.1) is 82.0 Å². The molecule has 2 aromatic rings. The molecule has 5 heterocycles. The zero-order valence-corrected chi connectivity index (χ0v) is 70.6. The average molecular weight is 1580 g/mol. The number of piperidine rings is 1. The number of rotatable bonds is 28. The van der Waals surface area contributed by atoms with Crippen LogP contribution in [0.2, 0.25) is 32.2 Å². The van der Waals surface area contributed by atoms with Crippen molar-refractivity contribution < 1.29 is 85.7 Å². The van der Waals surface area contributed by atoms with E-state index in [0.29, 0.717) is 133 Å². The number of Topliss-reactive ketones (excluding diaryl/α,β-unsaturated/α-hetero) is 3. The Bertz CT molecular complexity index is 3410. The first-order valence-corrected chi connectivity index (χ1v) is 47.3. The maximum Gasteiger partial charge on any atom is 0.329 e. The third kappa shape index (κ3) is 26.5. The molecule has 0 aromatic carbocycles. The lowest BCUT2D eigenvalue weighted by molar-refractivity contribution is -0.265. The largest absolute Gasteiger partial charge is 0.460 e. The SMILES string of the molecule is CO[C@H]1C[C@@H]2CC[C@@H](C)[C@@](O)(O2)C(=O)C(=O)N2CCCC[C@H]2C(=O)O[C@H]([C@@H](C)C[C@@H]2CC[C@@H](OCC[Si](C)(C)O[Si](C)(C)CSc3ncc(COCCOCCOCCn4nnc5c4CCC4C(CC5)C4CNC(C)=O)cn3)[C@H](OC)C2)CC(=O)[C@H](C)/C=C(\C)[C@@H](O)[C@@H](OC)C(=O)[C@H](C)C[C@H](C)/C=C/C=CC=C1C. The molecule has 18 atom stereocenters. The number of cyclic esters (lactones) is 1. The molecule has 109 heavy (non-hydrogen) atoms. The Labute approximate surface area is 653 Å². The molecule has 0 radical (unpaired) electrons. The summed E-state index contributed by atoms with van der Waals surface area (Å²) in [7, 11) is 0.274. The fourth-order valence-electron chi connectivity index (χ4n) is 16.7. The standard InChI is InChI=1S/C81H129N7O18SSi2/c1-52-21-17-16-18-22-53(2)71(97-9)45-62-26-24-58(7)81(96,105-62)77(93)78(94)87-32-20-19-23-68(87)79(95)104-72(46-69(90)54(3)42-57(6)75(92)76(99-11)74(91)56(5)41-52)55(4)43-60-25-31-70(73(44-60)98-10)103-39-40-108(12,13)106-109(14,15)51-107-80-83-47-61(48-84-80)50-102-38-37-101-36-35-100-34-33-88-67-30-28-64-63(27-29-66(67)85-86-88)65(64)49-82-59(8)89/h16-18,21-22,42,47-48,52,54-56,58,60,62-65,68,70-73,75-76,92,96H,19-20,23-41,43-46,49-51H2,1-15H3,(H,82,89)/b18-16?,21-17+,53-22?,57-42+/t52-,54-,55+,56-,58-,60+,62+,63?,64?,65?,68+,70-,71+,72+,73-,75-,76+,81-/m1/s1. The van der Waals surface area contributed by atoms with Gasteiger partial charge in [-0.3, -0.25) is 24.0 Å². The Balaban J connectivity index is 0.801. The first-order valence-electron chi connectivity index (χ1n) is 40.1. The minimum atomic E-state index is -2.46.